The summed E-state index contributed by atoms with van der Waals surface area (Å²) in [7, 11) is 0. The van der Waals surface area contributed by atoms with Gasteiger partial charge in [0.1, 0.15) is 5.82 Å². The number of hydrogen-bond acceptors (Lipinski definition) is 4. The van der Waals surface area contributed by atoms with Gasteiger partial charge in [0.05, 0.1) is 0 Å². The number of amides is 1. The van der Waals surface area contributed by atoms with Gasteiger partial charge >= 0.3 is 0 Å². The molecule has 0 spiro atoms. The van der Waals surface area contributed by atoms with Crippen LogP contribution in [0.3, 0.4) is 0 Å². The van der Waals surface area contributed by atoms with Gasteiger partial charge in [-0.3, -0.25) is 9.59 Å². The molecule has 0 unspecified atom stereocenters. The predicted molar refractivity (Wildman–Crippen MR) is 77.5 cm³/mol. The second-order valence-corrected chi connectivity index (χ2v) is 6.08. The number of aromatic amines is 1. The van der Waals surface area contributed by atoms with E-state index in [4.69, 9.17) is 0 Å². The molecule has 1 aromatic heterocycles. The van der Waals surface area contributed by atoms with Crippen molar-refractivity contribution in [1.82, 2.24) is 15.3 Å². The minimum absolute atomic E-state index is 0.132. The number of nitrogens with zero attached hydrogens (tertiary/aromatic N) is 1. The lowest BCUT2D eigenvalue weighted by molar-refractivity contribution is 0.0929. The first-order chi connectivity index (χ1) is 10.1. The van der Waals surface area contributed by atoms with Gasteiger partial charge in [-0.2, -0.15) is 0 Å². The quantitative estimate of drug-likeness (QED) is 0.791. The molecule has 0 atom stereocenters. The van der Waals surface area contributed by atoms with Crippen LogP contribution in [0, 0.1) is 0 Å². The van der Waals surface area contributed by atoms with Crippen LogP contribution in [-0.2, 0) is 0 Å². The lowest BCUT2D eigenvalue weighted by atomic mass is 10.1. The Morgan fingerprint density at radius 1 is 1.14 bits per heavy atom. The van der Waals surface area contributed by atoms with Gasteiger partial charge in [-0.1, -0.05) is 25.7 Å². The van der Waals surface area contributed by atoms with Crippen LogP contribution in [0.5, 0.6) is 5.75 Å². The fourth-order valence-electron chi connectivity index (χ4n) is 3.36. The van der Waals surface area contributed by atoms with E-state index in [1.165, 1.54) is 0 Å². The SMILES string of the molecule is O=C(NC1CCCC1)c1nc(C2CCCC2)[nH]c(=O)c1O. The van der Waals surface area contributed by atoms with Crippen molar-refractivity contribution >= 4 is 5.91 Å². The zero-order chi connectivity index (χ0) is 14.8. The highest BCUT2D eigenvalue weighted by atomic mass is 16.3. The van der Waals surface area contributed by atoms with Crippen LogP contribution in [0.15, 0.2) is 4.79 Å². The molecule has 1 aromatic rings. The van der Waals surface area contributed by atoms with Crippen LogP contribution in [-0.4, -0.2) is 27.0 Å². The molecule has 2 saturated carbocycles. The molecule has 0 radical (unpaired) electrons. The Balaban J connectivity index is 1.85. The molecule has 114 valence electrons. The Morgan fingerprint density at radius 3 is 2.43 bits per heavy atom. The Bertz CT molecular complexity index is 584. The molecule has 0 bridgehead atoms. The first kappa shape index (κ1) is 14.1. The summed E-state index contributed by atoms with van der Waals surface area (Å²) in [6, 6.07) is 0.132. The van der Waals surface area contributed by atoms with Gasteiger partial charge in [-0.05, 0) is 25.7 Å². The van der Waals surface area contributed by atoms with Gasteiger partial charge in [0.15, 0.2) is 5.69 Å². The third-order valence-electron chi connectivity index (χ3n) is 4.56. The summed E-state index contributed by atoms with van der Waals surface area (Å²) in [6.45, 7) is 0. The van der Waals surface area contributed by atoms with E-state index >= 15 is 0 Å². The number of hydrogen-bond donors (Lipinski definition) is 3. The lowest BCUT2D eigenvalue weighted by Crippen LogP contribution is -2.34. The lowest BCUT2D eigenvalue weighted by Gasteiger charge is -2.14. The summed E-state index contributed by atoms with van der Waals surface area (Å²) < 4.78 is 0. The molecular formula is C15H21N3O3. The third-order valence-corrected chi connectivity index (χ3v) is 4.56. The Kier molecular flexibility index (Phi) is 3.94. The molecule has 0 saturated heterocycles. The van der Waals surface area contributed by atoms with Crippen LogP contribution in [0.4, 0.5) is 0 Å². The number of rotatable bonds is 3. The maximum absolute atomic E-state index is 12.3. The molecule has 1 amide bonds. The third kappa shape index (κ3) is 2.94. The van der Waals surface area contributed by atoms with Crippen molar-refractivity contribution in [3.05, 3.63) is 21.9 Å². The van der Waals surface area contributed by atoms with E-state index in [2.05, 4.69) is 15.3 Å². The molecular weight excluding hydrogens is 270 g/mol. The van der Waals surface area contributed by atoms with Gasteiger partial charge in [0.25, 0.3) is 11.5 Å². The van der Waals surface area contributed by atoms with Crippen molar-refractivity contribution in [3.8, 4) is 5.75 Å². The second kappa shape index (κ2) is 5.87. The molecule has 6 nitrogen and oxygen atoms in total. The Morgan fingerprint density at radius 2 is 1.76 bits per heavy atom. The summed E-state index contributed by atoms with van der Waals surface area (Å²) >= 11 is 0. The number of aromatic hydroxyl groups is 1. The predicted octanol–water partition coefficient (Wildman–Crippen LogP) is 1.81. The minimum Gasteiger partial charge on any atom is -0.501 e. The summed E-state index contributed by atoms with van der Waals surface area (Å²) in [4.78, 5) is 30.9. The highest BCUT2D eigenvalue weighted by molar-refractivity contribution is 5.94. The van der Waals surface area contributed by atoms with E-state index in [0.717, 1.165) is 51.4 Å². The van der Waals surface area contributed by atoms with Gasteiger partial charge in [0.2, 0.25) is 5.75 Å². The number of nitrogens with one attached hydrogen (secondary N) is 2. The Hall–Kier alpha value is -1.85. The Labute approximate surface area is 123 Å². The maximum Gasteiger partial charge on any atom is 0.293 e. The number of H-pyrrole nitrogens is 1. The first-order valence-electron chi connectivity index (χ1n) is 7.79. The van der Waals surface area contributed by atoms with E-state index in [-0.39, 0.29) is 17.7 Å². The average Bonchev–Trinajstić information content (AvgIpc) is 3.14. The maximum atomic E-state index is 12.3. The molecule has 21 heavy (non-hydrogen) atoms. The van der Waals surface area contributed by atoms with Gasteiger partial charge < -0.3 is 15.4 Å². The zero-order valence-corrected chi connectivity index (χ0v) is 12.0. The summed E-state index contributed by atoms with van der Waals surface area (Å²) in [5.41, 5.74) is -0.754. The summed E-state index contributed by atoms with van der Waals surface area (Å²) in [5.74, 6) is -0.291. The summed E-state index contributed by atoms with van der Waals surface area (Å²) in [5, 5.41) is 12.7. The molecule has 2 aliphatic rings. The van der Waals surface area contributed by atoms with Crippen LogP contribution >= 0.6 is 0 Å². The van der Waals surface area contributed by atoms with Crippen molar-refractivity contribution in [3.63, 3.8) is 0 Å². The average molecular weight is 291 g/mol. The van der Waals surface area contributed by atoms with E-state index in [1.54, 1.807) is 0 Å². The normalized spacial score (nSPS) is 20.0. The van der Waals surface area contributed by atoms with Gasteiger partial charge in [0, 0.05) is 12.0 Å². The van der Waals surface area contributed by atoms with Gasteiger partial charge in [-0.25, -0.2) is 4.98 Å². The molecule has 3 N–H and O–H groups in total. The zero-order valence-electron chi connectivity index (χ0n) is 12.0. The van der Waals surface area contributed by atoms with E-state index in [1.807, 2.05) is 0 Å². The summed E-state index contributed by atoms with van der Waals surface area (Å²) in [6.07, 6.45) is 8.27. The second-order valence-electron chi connectivity index (χ2n) is 6.08. The van der Waals surface area contributed by atoms with Crippen molar-refractivity contribution in [2.24, 2.45) is 0 Å². The first-order valence-corrected chi connectivity index (χ1v) is 7.79. The molecule has 0 aromatic carbocycles. The molecule has 2 fully saturated rings. The standard InChI is InChI=1S/C15H21N3O3/c19-12-11(14(20)16-10-7-3-4-8-10)17-13(18-15(12)21)9-5-1-2-6-9/h9-10,19H,1-8H2,(H,16,20)(H,17,18,21). The molecule has 3 rings (SSSR count). The molecule has 6 heteroatoms. The monoisotopic (exact) mass is 291 g/mol. The fourth-order valence-corrected chi connectivity index (χ4v) is 3.36. The van der Waals surface area contributed by atoms with E-state index in [0.29, 0.717) is 5.82 Å². The highest BCUT2D eigenvalue weighted by Crippen LogP contribution is 2.32. The van der Waals surface area contributed by atoms with Crippen molar-refractivity contribution in [2.75, 3.05) is 0 Å². The van der Waals surface area contributed by atoms with Crippen LogP contribution in [0.1, 0.15) is 73.6 Å². The number of aromatic nitrogens is 2. The van der Waals surface area contributed by atoms with E-state index < -0.39 is 17.2 Å². The van der Waals surface area contributed by atoms with Crippen LogP contribution in [0.25, 0.3) is 0 Å². The number of carbonyl (C=O) groups is 1. The molecule has 1 heterocycles. The van der Waals surface area contributed by atoms with Crippen LogP contribution in [0.2, 0.25) is 0 Å². The smallest absolute Gasteiger partial charge is 0.293 e. The minimum atomic E-state index is -0.622. The largest absolute Gasteiger partial charge is 0.501 e. The van der Waals surface area contributed by atoms with Gasteiger partial charge in [-0.15, -0.1) is 0 Å². The topological polar surface area (TPSA) is 95.1 Å². The van der Waals surface area contributed by atoms with E-state index in [9.17, 15) is 14.7 Å². The fraction of sp³-hybridized carbons (Fsp3) is 0.667. The van der Waals surface area contributed by atoms with Crippen LogP contribution < -0.4 is 10.9 Å². The van der Waals surface area contributed by atoms with Crippen molar-refractivity contribution < 1.29 is 9.90 Å². The number of carbonyl (C=O) groups excluding carboxylic acids is 1. The highest BCUT2D eigenvalue weighted by Gasteiger charge is 2.26. The molecule has 0 aliphatic heterocycles. The van der Waals surface area contributed by atoms with Crippen molar-refractivity contribution in [2.45, 2.75) is 63.3 Å². The van der Waals surface area contributed by atoms with Crippen molar-refractivity contribution in [1.29, 1.82) is 0 Å². The molecule has 2 aliphatic carbocycles.